The fourth-order valence-corrected chi connectivity index (χ4v) is 2.96. The average Bonchev–Trinajstić information content (AvgIpc) is 2.93. The third-order valence-corrected chi connectivity index (χ3v) is 4.27. The quantitative estimate of drug-likeness (QED) is 0.846. The maximum Gasteiger partial charge on any atom is 0.321 e. The van der Waals surface area contributed by atoms with Crippen molar-refractivity contribution < 1.29 is 9.53 Å². The summed E-state index contributed by atoms with van der Waals surface area (Å²) in [6.07, 6.45) is 2.20. The molecule has 5 heteroatoms. The first kappa shape index (κ1) is 12.8. The number of ether oxygens (including phenoxy) is 1. The minimum atomic E-state index is -0.115. The second kappa shape index (κ2) is 5.02. The number of urea groups is 1. The fourth-order valence-electron chi connectivity index (χ4n) is 2.62. The molecule has 1 aromatic rings. The number of carbonyl (C=O) groups excluding carboxylic acids is 1. The number of nitrogens with one attached hydrogen (secondary N) is 1. The molecular formula is C14H17ClN2O2. The maximum absolute atomic E-state index is 11.6. The Morgan fingerprint density at radius 2 is 2.37 bits per heavy atom. The second-order valence-electron chi connectivity index (χ2n) is 5.16. The molecule has 0 saturated carbocycles. The number of rotatable bonds is 2. The van der Waals surface area contributed by atoms with Crippen LogP contribution in [0.3, 0.4) is 0 Å². The molecular weight excluding hydrogens is 264 g/mol. The van der Waals surface area contributed by atoms with Crippen molar-refractivity contribution in [3.05, 3.63) is 29.3 Å². The van der Waals surface area contributed by atoms with Gasteiger partial charge in [0.15, 0.2) is 0 Å². The molecule has 2 atom stereocenters. The Morgan fingerprint density at radius 1 is 1.53 bits per heavy atom. The van der Waals surface area contributed by atoms with E-state index < -0.39 is 0 Å². The van der Waals surface area contributed by atoms with Gasteiger partial charge in [-0.2, -0.15) is 0 Å². The number of nitrogens with zero attached hydrogens (tertiary/aromatic N) is 1. The first-order valence-corrected chi connectivity index (χ1v) is 6.99. The Morgan fingerprint density at radius 3 is 3.11 bits per heavy atom. The van der Waals surface area contributed by atoms with Gasteiger partial charge in [0.05, 0.1) is 11.5 Å². The monoisotopic (exact) mass is 280 g/mol. The molecule has 4 nitrogen and oxygen atoms in total. The molecule has 0 spiro atoms. The zero-order chi connectivity index (χ0) is 13.4. The van der Waals surface area contributed by atoms with Gasteiger partial charge in [-0.1, -0.05) is 12.1 Å². The number of alkyl halides is 1. The van der Waals surface area contributed by atoms with Crippen LogP contribution in [0.25, 0.3) is 0 Å². The molecule has 102 valence electrons. The molecule has 0 radical (unpaired) electrons. The number of benzene rings is 1. The molecule has 2 unspecified atom stereocenters. The normalized spacial score (nSPS) is 24.0. The van der Waals surface area contributed by atoms with Crippen molar-refractivity contribution in [2.75, 3.05) is 19.0 Å². The smallest absolute Gasteiger partial charge is 0.321 e. The van der Waals surface area contributed by atoms with Gasteiger partial charge in [-0.3, -0.25) is 0 Å². The fraction of sp³-hybridized carbons (Fsp3) is 0.500. The van der Waals surface area contributed by atoms with Crippen molar-refractivity contribution in [3.63, 3.8) is 0 Å². The lowest BCUT2D eigenvalue weighted by molar-refractivity contribution is 0.107. The van der Waals surface area contributed by atoms with E-state index in [9.17, 15) is 4.79 Å². The van der Waals surface area contributed by atoms with Crippen LogP contribution < -0.4 is 5.32 Å². The molecule has 0 aromatic heterocycles. The van der Waals surface area contributed by atoms with Gasteiger partial charge in [0.25, 0.3) is 0 Å². The van der Waals surface area contributed by atoms with E-state index >= 15 is 0 Å². The SMILES string of the molecule is CN1Cc2cc(C(Cl)C3CCCO3)ccc2NC1=O. The van der Waals surface area contributed by atoms with E-state index in [1.54, 1.807) is 11.9 Å². The van der Waals surface area contributed by atoms with Crippen molar-refractivity contribution in [2.24, 2.45) is 0 Å². The molecule has 1 aromatic carbocycles. The number of carbonyl (C=O) groups is 1. The molecule has 2 aliphatic rings. The minimum Gasteiger partial charge on any atom is -0.376 e. The predicted octanol–water partition coefficient (Wildman–Crippen LogP) is 3.12. The lowest BCUT2D eigenvalue weighted by Gasteiger charge is -2.27. The number of anilines is 1. The van der Waals surface area contributed by atoms with Crippen LogP contribution >= 0.6 is 11.6 Å². The number of amides is 2. The highest BCUT2D eigenvalue weighted by atomic mass is 35.5. The Balaban J connectivity index is 1.84. The molecule has 1 fully saturated rings. The molecule has 3 rings (SSSR count). The Labute approximate surface area is 117 Å². The minimum absolute atomic E-state index is 0.0678. The van der Waals surface area contributed by atoms with Gasteiger partial charge in [-0.15, -0.1) is 11.6 Å². The number of hydrogen-bond acceptors (Lipinski definition) is 2. The van der Waals surface area contributed by atoms with Gasteiger partial charge < -0.3 is 15.0 Å². The van der Waals surface area contributed by atoms with Gasteiger partial charge in [0.2, 0.25) is 0 Å². The Kier molecular flexibility index (Phi) is 3.37. The van der Waals surface area contributed by atoms with Gasteiger partial charge in [-0.25, -0.2) is 4.79 Å². The van der Waals surface area contributed by atoms with E-state index in [2.05, 4.69) is 11.4 Å². The topological polar surface area (TPSA) is 41.6 Å². The van der Waals surface area contributed by atoms with E-state index in [1.807, 2.05) is 12.1 Å². The van der Waals surface area contributed by atoms with E-state index in [0.29, 0.717) is 6.54 Å². The highest BCUT2D eigenvalue weighted by molar-refractivity contribution is 6.21. The summed E-state index contributed by atoms with van der Waals surface area (Å²) < 4.78 is 5.64. The van der Waals surface area contributed by atoms with Crippen LogP contribution in [-0.4, -0.2) is 30.7 Å². The Hall–Kier alpha value is -1.26. The number of hydrogen-bond donors (Lipinski definition) is 1. The van der Waals surface area contributed by atoms with Gasteiger partial charge in [-0.05, 0) is 30.0 Å². The molecule has 1 saturated heterocycles. The van der Waals surface area contributed by atoms with Gasteiger partial charge in [0, 0.05) is 25.9 Å². The van der Waals surface area contributed by atoms with Crippen molar-refractivity contribution >= 4 is 23.3 Å². The highest BCUT2D eigenvalue weighted by Crippen LogP contribution is 2.34. The average molecular weight is 281 g/mol. The molecule has 0 aliphatic carbocycles. The number of halogens is 1. The zero-order valence-corrected chi connectivity index (χ0v) is 11.6. The highest BCUT2D eigenvalue weighted by Gasteiger charge is 2.27. The largest absolute Gasteiger partial charge is 0.376 e. The van der Waals surface area contributed by atoms with Crippen LogP contribution in [0.5, 0.6) is 0 Å². The van der Waals surface area contributed by atoms with Gasteiger partial charge >= 0.3 is 6.03 Å². The standard InChI is InChI=1S/C14H17ClN2O2/c1-17-8-10-7-9(4-5-11(10)16-14(17)18)13(15)12-3-2-6-19-12/h4-5,7,12-13H,2-3,6,8H2,1H3,(H,16,18). The van der Waals surface area contributed by atoms with Crippen molar-refractivity contribution in [2.45, 2.75) is 30.9 Å². The van der Waals surface area contributed by atoms with Crippen molar-refractivity contribution in [1.29, 1.82) is 0 Å². The molecule has 0 bridgehead atoms. The maximum atomic E-state index is 11.6. The number of fused-ring (bicyclic) bond motifs is 1. The molecule has 1 N–H and O–H groups in total. The van der Waals surface area contributed by atoms with Crippen LogP contribution in [0.15, 0.2) is 18.2 Å². The summed E-state index contributed by atoms with van der Waals surface area (Å²) in [7, 11) is 1.78. The van der Waals surface area contributed by atoms with E-state index in [0.717, 1.165) is 36.3 Å². The first-order valence-electron chi connectivity index (χ1n) is 6.56. The van der Waals surface area contributed by atoms with E-state index in [-0.39, 0.29) is 17.5 Å². The summed E-state index contributed by atoms with van der Waals surface area (Å²) in [4.78, 5) is 13.2. The summed E-state index contributed by atoms with van der Waals surface area (Å²) >= 11 is 6.49. The molecule has 19 heavy (non-hydrogen) atoms. The van der Waals surface area contributed by atoms with Crippen LogP contribution in [0.1, 0.15) is 29.3 Å². The summed E-state index contributed by atoms with van der Waals surface area (Å²) in [5.74, 6) is 0. The van der Waals surface area contributed by atoms with Gasteiger partial charge in [0.1, 0.15) is 0 Å². The first-order chi connectivity index (χ1) is 9.15. The second-order valence-corrected chi connectivity index (χ2v) is 5.63. The third-order valence-electron chi connectivity index (χ3n) is 3.73. The van der Waals surface area contributed by atoms with E-state index in [1.165, 1.54) is 0 Å². The Bertz CT molecular complexity index is 500. The molecule has 2 amide bonds. The summed E-state index contributed by atoms with van der Waals surface area (Å²) in [6, 6.07) is 5.91. The van der Waals surface area contributed by atoms with Crippen molar-refractivity contribution in [3.8, 4) is 0 Å². The lowest BCUT2D eigenvalue weighted by atomic mass is 10.0. The lowest BCUT2D eigenvalue weighted by Crippen LogP contribution is -2.35. The zero-order valence-electron chi connectivity index (χ0n) is 10.9. The molecule has 2 aliphatic heterocycles. The van der Waals surface area contributed by atoms with E-state index in [4.69, 9.17) is 16.3 Å². The third kappa shape index (κ3) is 2.42. The predicted molar refractivity (Wildman–Crippen MR) is 74.5 cm³/mol. The van der Waals surface area contributed by atoms with Crippen LogP contribution in [0.4, 0.5) is 10.5 Å². The molecule has 2 heterocycles. The van der Waals surface area contributed by atoms with Crippen LogP contribution in [-0.2, 0) is 11.3 Å². The van der Waals surface area contributed by atoms with Crippen LogP contribution in [0.2, 0.25) is 0 Å². The van der Waals surface area contributed by atoms with Crippen LogP contribution in [0, 0.1) is 0 Å². The summed E-state index contributed by atoms with van der Waals surface area (Å²) in [5.41, 5.74) is 3.04. The van der Waals surface area contributed by atoms with Crippen molar-refractivity contribution in [1.82, 2.24) is 4.90 Å². The summed E-state index contributed by atoms with van der Waals surface area (Å²) in [6.45, 7) is 1.42. The summed E-state index contributed by atoms with van der Waals surface area (Å²) in [5, 5.41) is 2.74.